The summed E-state index contributed by atoms with van der Waals surface area (Å²) in [4.78, 5) is 10.0. The predicted octanol–water partition coefficient (Wildman–Crippen LogP) is 2.60. The Kier molecular flexibility index (Phi) is 5.63. The molecule has 78 valence electrons. The summed E-state index contributed by atoms with van der Waals surface area (Å²) in [6, 6.07) is 12.0. The van der Waals surface area contributed by atoms with Gasteiger partial charge in [-0.25, -0.2) is 4.79 Å². The second kappa shape index (κ2) is 6.20. The van der Waals surface area contributed by atoms with Crippen molar-refractivity contribution in [2.24, 2.45) is 5.73 Å². The molecule has 3 nitrogen and oxygen atoms in total. The van der Waals surface area contributed by atoms with Gasteiger partial charge < -0.3 is 10.2 Å². The van der Waals surface area contributed by atoms with Crippen molar-refractivity contribution in [1.82, 2.24) is 0 Å². The highest BCUT2D eigenvalue weighted by atomic mass is 28.4. The van der Waals surface area contributed by atoms with Gasteiger partial charge in [-0.1, -0.05) is 36.4 Å². The number of carbonyl (C=O) groups excluding carboxylic acids is 1. The molecule has 0 aliphatic rings. The van der Waals surface area contributed by atoms with Gasteiger partial charge in [-0.2, -0.15) is 0 Å². The van der Waals surface area contributed by atoms with Crippen molar-refractivity contribution in [1.29, 1.82) is 0 Å². The fourth-order valence-corrected chi connectivity index (χ4v) is 1.29. The van der Waals surface area contributed by atoms with E-state index >= 15 is 0 Å². The lowest BCUT2D eigenvalue weighted by Gasteiger charge is -2.13. The molecule has 0 saturated carbocycles. The molecular formula is C10H17NO2Si. The molecule has 0 saturated heterocycles. The van der Waals surface area contributed by atoms with E-state index in [1.54, 1.807) is 0 Å². The van der Waals surface area contributed by atoms with E-state index in [0.29, 0.717) is 0 Å². The molecule has 4 heteroatoms. The quantitative estimate of drug-likeness (QED) is 0.726. The molecule has 0 aromatic heterocycles. The first-order valence-electron chi connectivity index (χ1n) is 4.40. The number of hydrogen-bond donors (Lipinski definition) is 1. The van der Waals surface area contributed by atoms with Crippen LogP contribution in [0, 0.1) is 0 Å². The Morgan fingerprint density at radius 2 is 1.29 bits per heavy atom. The standard InChI is InChI=1S/C6H6.C4H11NO2Si/c1-2-4-6-5-3-1;1-8(2,3)7-4(5)6/h1-6H;1-3H3,(H2,5,6). The first-order chi connectivity index (χ1) is 6.42. The van der Waals surface area contributed by atoms with E-state index in [9.17, 15) is 4.79 Å². The number of primary amides is 1. The van der Waals surface area contributed by atoms with Crippen LogP contribution in [0.1, 0.15) is 0 Å². The molecule has 1 amide bonds. The van der Waals surface area contributed by atoms with Gasteiger partial charge >= 0.3 is 6.09 Å². The average molecular weight is 211 g/mol. The van der Waals surface area contributed by atoms with Crippen molar-refractivity contribution >= 4 is 14.4 Å². The van der Waals surface area contributed by atoms with Gasteiger partial charge in [0.2, 0.25) is 8.32 Å². The van der Waals surface area contributed by atoms with Crippen LogP contribution in [0.5, 0.6) is 0 Å². The Morgan fingerprint density at radius 3 is 1.36 bits per heavy atom. The monoisotopic (exact) mass is 211 g/mol. The third kappa shape index (κ3) is 10.7. The molecule has 2 N–H and O–H groups in total. The zero-order valence-electron chi connectivity index (χ0n) is 8.86. The summed E-state index contributed by atoms with van der Waals surface area (Å²) in [7, 11) is -1.69. The minimum Gasteiger partial charge on any atom is -0.505 e. The van der Waals surface area contributed by atoms with E-state index in [1.165, 1.54) is 0 Å². The largest absolute Gasteiger partial charge is 0.505 e. The fraction of sp³-hybridized carbons (Fsp3) is 0.300. The fourth-order valence-electron chi connectivity index (χ4n) is 0.687. The first kappa shape index (κ1) is 12.7. The van der Waals surface area contributed by atoms with Gasteiger partial charge in [0.1, 0.15) is 0 Å². The number of benzene rings is 1. The van der Waals surface area contributed by atoms with Crippen molar-refractivity contribution in [3.05, 3.63) is 36.4 Å². The summed E-state index contributed by atoms with van der Waals surface area (Å²) in [5, 5.41) is 0. The van der Waals surface area contributed by atoms with Gasteiger partial charge in [-0.3, -0.25) is 0 Å². The molecule has 0 heterocycles. The Hall–Kier alpha value is -1.29. The maximum atomic E-state index is 10.0. The van der Waals surface area contributed by atoms with Crippen LogP contribution in [0.2, 0.25) is 19.6 Å². The van der Waals surface area contributed by atoms with Crippen molar-refractivity contribution in [2.75, 3.05) is 0 Å². The number of hydrogen-bond acceptors (Lipinski definition) is 2. The van der Waals surface area contributed by atoms with Crippen LogP contribution in [0.3, 0.4) is 0 Å². The number of nitrogens with two attached hydrogens (primary N) is 1. The highest BCUT2D eigenvalue weighted by molar-refractivity contribution is 6.71. The first-order valence-corrected chi connectivity index (χ1v) is 7.81. The summed E-state index contributed by atoms with van der Waals surface area (Å²) in [6.07, 6.45) is -0.663. The molecule has 0 atom stereocenters. The van der Waals surface area contributed by atoms with Crippen LogP contribution in [0.25, 0.3) is 0 Å². The topological polar surface area (TPSA) is 52.3 Å². The number of carbonyl (C=O) groups is 1. The lowest BCUT2D eigenvalue weighted by molar-refractivity contribution is 0.209. The molecule has 0 bridgehead atoms. The van der Waals surface area contributed by atoms with E-state index in [0.717, 1.165) is 0 Å². The normalized spacial score (nSPS) is 9.64. The van der Waals surface area contributed by atoms with E-state index in [4.69, 9.17) is 10.2 Å². The van der Waals surface area contributed by atoms with Crippen molar-refractivity contribution in [3.8, 4) is 0 Å². The van der Waals surface area contributed by atoms with Crippen LogP contribution in [-0.4, -0.2) is 14.4 Å². The van der Waals surface area contributed by atoms with Gasteiger partial charge in [0.25, 0.3) is 0 Å². The Balaban J connectivity index is 0.000000249. The van der Waals surface area contributed by atoms with Gasteiger partial charge in [-0.05, 0) is 19.6 Å². The van der Waals surface area contributed by atoms with E-state index in [1.807, 2.05) is 56.0 Å². The maximum absolute atomic E-state index is 10.0. The SMILES string of the molecule is C[Si](C)(C)OC(N)=O.c1ccccc1. The second-order valence-electron chi connectivity index (χ2n) is 3.69. The van der Waals surface area contributed by atoms with Crippen LogP contribution in [-0.2, 0) is 4.43 Å². The highest BCUT2D eigenvalue weighted by Gasteiger charge is 2.17. The Morgan fingerprint density at radius 1 is 1.00 bits per heavy atom. The zero-order valence-corrected chi connectivity index (χ0v) is 9.86. The minimum atomic E-state index is -1.69. The average Bonchev–Trinajstić information content (AvgIpc) is 2.03. The molecule has 0 radical (unpaired) electrons. The lowest BCUT2D eigenvalue weighted by atomic mass is 10.4. The summed E-state index contributed by atoms with van der Waals surface area (Å²) in [5.74, 6) is 0. The highest BCUT2D eigenvalue weighted by Crippen LogP contribution is 2.00. The van der Waals surface area contributed by atoms with Crippen molar-refractivity contribution in [2.45, 2.75) is 19.6 Å². The molecular weight excluding hydrogens is 194 g/mol. The van der Waals surface area contributed by atoms with Gasteiger partial charge in [0.15, 0.2) is 0 Å². The third-order valence-corrected chi connectivity index (χ3v) is 1.89. The summed E-state index contributed by atoms with van der Waals surface area (Å²) in [5.41, 5.74) is 4.75. The maximum Gasteiger partial charge on any atom is 0.390 e. The molecule has 1 rings (SSSR count). The summed E-state index contributed by atoms with van der Waals surface area (Å²) in [6.45, 7) is 5.70. The molecule has 14 heavy (non-hydrogen) atoms. The Labute approximate surface area is 86.0 Å². The number of rotatable bonds is 1. The van der Waals surface area contributed by atoms with E-state index < -0.39 is 14.4 Å². The molecule has 0 spiro atoms. The molecule has 0 fully saturated rings. The van der Waals surface area contributed by atoms with Crippen LogP contribution in [0.15, 0.2) is 36.4 Å². The third-order valence-electron chi connectivity index (χ3n) is 1.07. The molecule has 0 aliphatic carbocycles. The number of amides is 1. The Bertz CT molecular complexity index is 230. The molecule has 1 aromatic rings. The molecule has 0 aliphatic heterocycles. The van der Waals surface area contributed by atoms with Crippen LogP contribution in [0.4, 0.5) is 4.79 Å². The second-order valence-corrected chi connectivity index (χ2v) is 8.12. The van der Waals surface area contributed by atoms with E-state index in [-0.39, 0.29) is 0 Å². The summed E-state index contributed by atoms with van der Waals surface area (Å²) >= 11 is 0. The van der Waals surface area contributed by atoms with Gasteiger partial charge in [0, 0.05) is 0 Å². The predicted molar refractivity (Wildman–Crippen MR) is 60.5 cm³/mol. The van der Waals surface area contributed by atoms with Crippen LogP contribution >= 0.6 is 0 Å². The van der Waals surface area contributed by atoms with Crippen LogP contribution < -0.4 is 5.73 Å². The summed E-state index contributed by atoms with van der Waals surface area (Å²) < 4.78 is 4.72. The van der Waals surface area contributed by atoms with Crippen molar-refractivity contribution in [3.63, 3.8) is 0 Å². The van der Waals surface area contributed by atoms with E-state index in [2.05, 4.69) is 0 Å². The zero-order chi connectivity index (χ0) is 11.0. The van der Waals surface area contributed by atoms with Crippen molar-refractivity contribution < 1.29 is 9.22 Å². The minimum absolute atomic E-state index is 0.663. The smallest absolute Gasteiger partial charge is 0.390 e. The van der Waals surface area contributed by atoms with Gasteiger partial charge in [0.05, 0.1) is 0 Å². The van der Waals surface area contributed by atoms with Gasteiger partial charge in [-0.15, -0.1) is 0 Å². The molecule has 1 aromatic carbocycles. The molecule has 0 unspecified atom stereocenters. The lowest BCUT2D eigenvalue weighted by Crippen LogP contribution is -2.32.